The van der Waals surface area contributed by atoms with Gasteiger partial charge in [0, 0.05) is 31.0 Å². The lowest BCUT2D eigenvalue weighted by atomic mass is 9.86. The van der Waals surface area contributed by atoms with Gasteiger partial charge in [-0.2, -0.15) is 0 Å². The fraction of sp³-hybridized carbons (Fsp3) is 0.250. The molecule has 1 saturated heterocycles. The van der Waals surface area contributed by atoms with Gasteiger partial charge >= 0.3 is 0 Å². The van der Waals surface area contributed by atoms with Crippen molar-refractivity contribution >= 4 is 17.5 Å². The van der Waals surface area contributed by atoms with Crippen molar-refractivity contribution < 1.29 is 14.4 Å². The number of benzene rings is 2. The van der Waals surface area contributed by atoms with Crippen molar-refractivity contribution in [3.63, 3.8) is 0 Å². The predicted molar refractivity (Wildman–Crippen MR) is 112 cm³/mol. The number of aryl methyl sites for hydroxylation is 2. The smallest absolute Gasteiger partial charge is 0.291 e. The molecule has 2 heterocycles. The van der Waals surface area contributed by atoms with E-state index in [4.69, 9.17) is 0 Å². The van der Waals surface area contributed by atoms with Crippen LogP contribution in [-0.2, 0) is 16.1 Å². The molecule has 3 aromatic rings. The number of nitrogens with zero attached hydrogens (tertiary/aromatic N) is 3. The third kappa shape index (κ3) is 3.81. The normalized spacial score (nSPS) is 18.8. The van der Waals surface area contributed by atoms with Crippen LogP contribution in [0.3, 0.4) is 0 Å². The summed E-state index contributed by atoms with van der Waals surface area (Å²) < 4.78 is 1.93. The quantitative estimate of drug-likeness (QED) is 0.346. The number of aromatic nitrogens is 2. The highest BCUT2D eigenvalue weighted by atomic mass is 16.2. The number of hydrogen-bond donors (Lipinski definition) is 0. The molecule has 4 rings (SSSR count). The van der Waals surface area contributed by atoms with E-state index in [2.05, 4.69) is 4.98 Å². The van der Waals surface area contributed by atoms with Gasteiger partial charge < -0.3 is 9.47 Å². The third-order valence-corrected chi connectivity index (χ3v) is 5.54. The van der Waals surface area contributed by atoms with Gasteiger partial charge in [0.05, 0.1) is 12.4 Å². The molecule has 6 nitrogen and oxygen atoms in total. The highest BCUT2D eigenvalue weighted by Crippen LogP contribution is 2.38. The lowest BCUT2D eigenvalue weighted by Crippen LogP contribution is -2.32. The van der Waals surface area contributed by atoms with Crippen LogP contribution in [-0.4, -0.2) is 38.5 Å². The molecule has 0 spiro atoms. The molecule has 1 aliphatic rings. The van der Waals surface area contributed by atoms with E-state index in [1.54, 1.807) is 29.6 Å². The molecule has 6 heteroatoms. The SMILES string of the molecule is Cc1ccc(C(=O)C2C(=O)C(=O)N(CCCn3ccnc3)C2c2ccccc2)cc1. The van der Waals surface area contributed by atoms with Gasteiger partial charge in [-0.3, -0.25) is 14.4 Å². The molecular formula is C24H23N3O3. The van der Waals surface area contributed by atoms with Crippen LogP contribution in [0.25, 0.3) is 0 Å². The monoisotopic (exact) mass is 401 g/mol. The maximum absolute atomic E-state index is 13.3. The second-order valence-corrected chi connectivity index (χ2v) is 7.58. The summed E-state index contributed by atoms with van der Waals surface area (Å²) in [5.74, 6) is -2.55. The summed E-state index contributed by atoms with van der Waals surface area (Å²) in [6.45, 7) is 3.00. The van der Waals surface area contributed by atoms with E-state index in [1.165, 1.54) is 0 Å². The Hall–Kier alpha value is -3.54. The zero-order chi connectivity index (χ0) is 21.1. The van der Waals surface area contributed by atoms with E-state index in [1.807, 2.05) is 60.2 Å². The Kier molecular flexibility index (Phi) is 5.57. The van der Waals surface area contributed by atoms with Crippen molar-refractivity contribution in [1.82, 2.24) is 14.5 Å². The first kappa shape index (κ1) is 19.8. The molecule has 0 bridgehead atoms. The second kappa shape index (κ2) is 8.45. The minimum Gasteiger partial charge on any atom is -0.337 e. The third-order valence-electron chi connectivity index (χ3n) is 5.54. The van der Waals surface area contributed by atoms with Crippen LogP contribution in [0.4, 0.5) is 0 Å². The summed E-state index contributed by atoms with van der Waals surface area (Å²) in [7, 11) is 0. The Labute approximate surface area is 175 Å². The zero-order valence-electron chi connectivity index (χ0n) is 16.8. The fourth-order valence-corrected chi connectivity index (χ4v) is 3.99. The highest BCUT2D eigenvalue weighted by molar-refractivity contribution is 6.44. The van der Waals surface area contributed by atoms with E-state index in [0.717, 1.165) is 11.1 Å². The Morgan fingerprint density at radius 1 is 1.00 bits per heavy atom. The van der Waals surface area contributed by atoms with Crippen molar-refractivity contribution in [1.29, 1.82) is 0 Å². The maximum atomic E-state index is 13.3. The van der Waals surface area contributed by atoms with Crippen molar-refractivity contribution in [2.75, 3.05) is 6.54 Å². The lowest BCUT2D eigenvalue weighted by molar-refractivity contribution is -0.140. The van der Waals surface area contributed by atoms with Gasteiger partial charge in [0.15, 0.2) is 5.78 Å². The molecule has 152 valence electrons. The predicted octanol–water partition coefficient (Wildman–Crippen LogP) is 3.23. The number of hydrogen-bond acceptors (Lipinski definition) is 4. The zero-order valence-corrected chi connectivity index (χ0v) is 16.8. The number of likely N-dealkylation sites (tertiary alicyclic amines) is 1. The van der Waals surface area contributed by atoms with E-state index in [0.29, 0.717) is 25.1 Å². The van der Waals surface area contributed by atoms with Crippen LogP contribution in [0, 0.1) is 12.8 Å². The molecule has 1 aromatic heterocycles. The molecule has 1 aliphatic heterocycles. The molecule has 30 heavy (non-hydrogen) atoms. The molecule has 0 radical (unpaired) electrons. The summed E-state index contributed by atoms with van der Waals surface area (Å²) in [5, 5.41) is 0. The molecule has 2 atom stereocenters. The van der Waals surface area contributed by atoms with Gasteiger partial charge in [0.25, 0.3) is 5.91 Å². The van der Waals surface area contributed by atoms with Gasteiger partial charge in [0.2, 0.25) is 5.78 Å². The van der Waals surface area contributed by atoms with E-state index < -0.39 is 23.7 Å². The van der Waals surface area contributed by atoms with Gasteiger partial charge in [-0.25, -0.2) is 4.98 Å². The molecule has 1 amide bonds. The summed E-state index contributed by atoms with van der Waals surface area (Å²) in [4.78, 5) is 44.7. The van der Waals surface area contributed by atoms with Crippen LogP contribution in [0.5, 0.6) is 0 Å². The first-order chi connectivity index (χ1) is 14.6. The van der Waals surface area contributed by atoms with Crippen molar-refractivity contribution in [2.24, 2.45) is 5.92 Å². The number of ketones is 2. The minimum absolute atomic E-state index is 0.306. The number of Topliss-reactive ketones (excluding diaryl/α,β-unsaturated/α-hetero) is 2. The Balaban J connectivity index is 1.64. The Morgan fingerprint density at radius 2 is 1.73 bits per heavy atom. The van der Waals surface area contributed by atoms with Crippen molar-refractivity contribution in [3.05, 3.63) is 90.0 Å². The number of carbonyl (C=O) groups is 3. The summed E-state index contributed by atoms with van der Waals surface area (Å²) in [6.07, 6.45) is 5.93. The standard InChI is InChI=1S/C24H23N3O3/c1-17-8-10-19(11-9-17)22(28)20-21(18-6-3-2-4-7-18)27(24(30)23(20)29)14-5-13-26-15-12-25-16-26/h2-4,6-12,15-16,20-21H,5,13-14H2,1H3. The molecule has 2 aromatic carbocycles. The Morgan fingerprint density at radius 3 is 2.40 bits per heavy atom. The molecule has 1 fully saturated rings. The number of rotatable bonds is 7. The summed E-state index contributed by atoms with van der Waals surface area (Å²) in [6, 6.07) is 15.9. The van der Waals surface area contributed by atoms with E-state index in [-0.39, 0.29) is 5.78 Å². The summed E-state index contributed by atoms with van der Waals surface area (Å²) >= 11 is 0. The average molecular weight is 401 g/mol. The highest BCUT2D eigenvalue weighted by Gasteiger charge is 2.51. The first-order valence-corrected chi connectivity index (χ1v) is 10.0. The minimum atomic E-state index is -1.03. The van der Waals surface area contributed by atoms with Crippen LogP contribution < -0.4 is 0 Å². The second-order valence-electron chi connectivity index (χ2n) is 7.58. The van der Waals surface area contributed by atoms with Crippen LogP contribution in [0.1, 0.15) is 33.9 Å². The van der Waals surface area contributed by atoms with E-state index >= 15 is 0 Å². The van der Waals surface area contributed by atoms with Crippen LogP contribution >= 0.6 is 0 Å². The first-order valence-electron chi connectivity index (χ1n) is 10.0. The molecule has 0 saturated carbocycles. The number of amides is 1. The largest absolute Gasteiger partial charge is 0.337 e. The molecular weight excluding hydrogens is 378 g/mol. The molecule has 2 unspecified atom stereocenters. The maximum Gasteiger partial charge on any atom is 0.291 e. The van der Waals surface area contributed by atoms with Crippen LogP contribution in [0.2, 0.25) is 0 Å². The van der Waals surface area contributed by atoms with Gasteiger partial charge in [0.1, 0.15) is 5.92 Å². The van der Waals surface area contributed by atoms with Crippen molar-refractivity contribution in [3.8, 4) is 0 Å². The number of imidazole rings is 1. The van der Waals surface area contributed by atoms with Crippen molar-refractivity contribution in [2.45, 2.75) is 25.9 Å². The lowest BCUT2D eigenvalue weighted by Gasteiger charge is -2.27. The fourth-order valence-electron chi connectivity index (χ4n) is 3.99. The average Bonchev–Trinajstić information content (AvgIpc) is 3.37. The summed E-state index contributed by atoms with van der Waals surface area (Å²) in [5.41, 5.74) is 2.28. The van der Waals surface area contributed by atoms with Crippen LogP contribution in [0.15, 0.2) is 73.3 Å². The van der Waals surface area contributed by atoms with Gasteiger partial charge in [-0.15, -0.1) is 0 Å². The van der Waals surface area contributed by atoms with Gasteiger partial charge in [-0.05, 0) is 18.9 Å². The van der Waals surface area contributed by atoms with Gasteiger partial charge in [-0.1, -0.05) is 60.2 Å². The molecule has 0 N–H and O–H groups in total. The Bertz CT molecular complexity index is 1040. The topological polar surface area (TPSA) is 72.3 Å². The molecule has 0 aliphatic carbocycles. The number of carbonyl (C=O) groups excluding carboxylic acids is 3. The van der Waals surface area contributed by atoms with E-state index in [9.17, 15) is 14.4 Å².